The Labute approximate surface area is 138 Å². The van der Waals surface area contributed by atoms with Crippen molar-refractivity contribution in [2.75, 3.05) is 20.3 Å². The third-order valence-electron chi connectivity index (χ3n) is 4.61. The molecule has 0 bridgehead atoms. The highest BCUT2D eigenvalue weighted by atomic mass is 16.5. The van der Waals surface area contributed by atoms with E-state index in [2.05, 4.69) is 5.32 Å². The number of ether oxygens (including phenoxy) is 1. The number of hydrogen-bond acceptors (Lipinski definition) is 3. The highest BCUT2D eigenvalue weighted by molar-refractivity contribution is 5.94. The second-order valence-corrected chi connectivity index (χ2v) is 6.28. The third kappa shape index (κ3) is 3.91. The number of hydrogen-bond donors (Lipinski definition) is 1. The van der Waals surface area contributed by atoms with Gasteiger partial charge in [-0.15, -0.1) is 0 Å². The average Bonchev–Trinajstić information content (AvgIpc) is 2.83. The molecule has 1 aliphatic heterocycles. The smallest absolute Gasteiger partial charge is 0.245 e. The summed E-state index contributed by atoms with van der Waals surface area (Å²) in [5.74, 6) is -0.0316. The minimum atomic E-state index is -0.771. The van der Waals surface area contributed by atoms with E-state index in [0.29, 0.717) is 32.5 Å². The number of nitrogens with zero attached hydrogens (tertiary/aromatic N) is 1. The average molecular weight is 318 g/mol. The van der Waals surface area contributed by atoms with Gasteiger partial charge in [0.25, 0.3) is 0 Å². The molecule has 1 N–H and O–H groups in total. The summed E-state index contributed by atoms with van der Waals surface area (Å²) in [7, 11) is 1.64. The van der Waals surface area contributed by atoms with Gasteiger partial charge < -0.3 is 15.0 Å². The van der Waals surface area contributed by atoms with Gasteiger partial charge >= 0.3 is 0 Å². The zero-order valence-corrected chi connectivity index (χ0v) is 14.2. The Morgan fingerprint density at radius 2 is 2.13 bits per heavy atom. The summed E-state index contributed by atoms with van der Waals surface area (Å²) in [5, 5.41) is 2.94. The summed E-state index contributed by atoms with van der Waals surface area (Å²) in [4.78, 5) is 26.7. The van der Waals surface area contributed by atoms with Gasteiger partial charge in [-0.25, -0.2) is 0 Å². The molecule has 5 nitrogen and oxygen atoms in total. The number of likely N-dealkylation sites (tertiary alicyclic amines) is 1. The van der Waals surface area contributed by atoms with Gasteiger partial charge in [0.15, 0.2) is 0 Å². The molecule has 1 aliphatic rings. The van der Waals surface area contributed by atoms with Crippen LogP contribution in [0.15, 0.2) is 24.3 Å². The molecule has 1 aromatic rings. The molecule has 23 heavy (non-hydrogen) atoms. The molecule has 0 radical (unpaired) electrons. The van der Waals surface area contributed by atoms with Crippen molar-refractivity contribution in [3.63, 3.8) is 0 Å². The van der Waals surface area contributed by atoms with Crippen LogP contribution >= 0.6 is 0 Å². The maximum Gasteiger partial charge on any atom is 0.245 e. The van der Waals surface area contributed by atoms with Crippen LogP contribution < -0.4 is 5.32 Å². The second kappa shape index (κ2) is 7.59. The zero-order valence-electron chi connectivity index (χ0n) is 14.2. The van der Waals surface area contributed by atoms with Crippen molar-refractivity contribution >= 4 is 11.8 Å². The molecular weight excluding hydrogens is 292 g/mol. The number of rotatable bonds is 7. The first kappa shape index (κ1) is 17.5. The SMILES string of the molecule is COCCCNC(=O)[C@]1(C)CCC(=O)N1Cc1ccccc1C. The van der Waals surface area contributed by atoms with Gasteiger partial charge in [-0.1, -0.05) is 24.3 Å². The first-order valence-electron chi connectivity index (χ1n) is 8.11. The molecule has 0 spiro atoms. The molecule has 1 aromatic carbocycles. The molecule has 0 aliphatic carbocycles. The first-order valence-corrected chi connectivity index (χ1v) is 8.11. The predicted molar refractivity (Wildman–Crippen MR) is 88.9 cm³/mol. The molecule has 2 rings (SSSR count). The van der Waals surface area contributed by atoms with Crippen molar-refractivity contribution in [2.24, 2.45) is 0 Å². The van der Waals surface area contributed by atoms with Gasteiger partial charge in [-0.2, -0.15) is 0 Å². The highest BCUT2D eigenvalue weighted by Crippen LogP contribution is 2.32. The molecule has 0 saturated carbocycles. The van der Waals surface area contributed by atoms with Crippen molar-refractivity contribution in [1.82, 2.24) is 10.2 Å². The molecule has 0 unspecified atom stereocenters. The maximum atomic E-state index is 12.6. The Morgan fingerprint density at radius 3 is 2.83 bits per heavy atom. The van der Waals surface area contributed by atoms with Crippen molar-refractivity contribution in [3.8, 4) is 0 Å². The Bertz CT molecular complexity index is 573. The topological polar surface area (TPSA) is 58.6 Å². The van der Waals surface area contributed by atoms with Gasteiger partial charge in [-0.3, -0.25) is 9.59 Å². The Hall–Kier alpha value is -1.88. The van der Waals surface area contributed by atoms with E-state index in [4.69, 9.17) is 4.74 Å². The molecule has 126 valence electrons. The van der Waals surface area contributed by atoms with Crippen molar-refractivity contribution in [2.45, 2.75) is 45.2 Å². The van der Waals surface area contributed by atoms with E-state index < -0.39 is 5.54 Å². The molecule has 1 fully saturated rings. The lowest BCUT2D eigenvalue weighted by atomic mass is 9.96. The quantitative estimate of drug-likeness (QED) is 0.783. The van der Waals surface area contributed by atoms with Gasteiger partial charge in [0.2, 0.25) is 11.8 Å². The van der Waals surface area contributed by atoms with Crippen LogP contribution in [0.5, 0.6) is 0 Å². The molecule has 1 atom stereocenters. The summed E-state index contributed by atoms with van der Waals surface area (Å²) in [5.41, 5.74) is 1.45. The van der Waals surface area contributed by atoms with Crippen molar-refractivity contribution in [3.05, 3.63) is 35.4 Å². The summed E-state index contributed by atoms with van der Waals surface area (Å²) in [6.45, 7) is 5.55. The van der Waals surface area contributed by atoms with Crippen LogP contribution in [0.2, 0.25) is 0 Å². The first-order chi connectivity index (χ1) is 11.0. The Kier molecular flexibility index (Phi) is 5.77. The summed E-state index contributed by atoms with van der Waals surface area (Å²) in [6, 6.07) is 7.98. The van der Waals surface area contributed by atoms with Gasteiger partial charge in [0.1, 0.15) is 5.54 Å². The third-order valence-corrected chi connectivity index (χ3v) is 4.61. The summed E-state index contributed by atoms with van der Waals surface area (Å²) in [6.07, 6.45) is 1.76. The van der Waals surface area contributed by atoms with E-state index in [1.807, 2.05) is 38.1 Å². The fourth-order valence-corrected chi connectivity index (χ4v) is 2.96. The lowest BCUT2D eigenvalue weighted by Crippen LogP contribution is -2.54. The number of carbonyl (C=O) groups is 2. The van der Waals surface area contributed by atoms with E-state index in [1.54, 1.807) is 12.0 Å². The van der Waals surface area contributed by atoms with Crippen LogP contribution in [0, 0.1) is 6.92 Å². The van der Waals surface area contributed by atoms with Gasteiger partial charge in [0, 0.05) is 33.2 Å². The van der Waals surface area contributed by atoms with Gasteiger partial charge in [0.05, 0.1) is 0 Å². The van der Waals surface area contributed by atoms with Crippen LogP contribution in [0.4, 0.5) is 0 Å². The van der Waals surface area contributed by atoms with Crippen LogP contribution in [0.3, 0.4) is 0 Å². The Balaban J connectivity index is 2.08. The molecule has 1 saturated heterocycles. The number of methoxy groups -OCH3 is 1. The van der Waals surface area contributed by atoms with Crippen LogP contribution in [-0.4, -0.2) is 42.5 Å². The standard InChI is InChI=1S/C18H26N2O3/c1-14-7-4-5-8-15(14)13-20-16(21)9-10-18(20,2)17(22)19-11-6-12-23-3/h4-5,7-8H,6,9-13H2,1-3H3,(H,19,22)/t18-/m0/s1. The number of nitrogens with one attached hydrogen (secondary N) is 1. The second-order valence-electron chi connectivity index (χ2n) is 6.28. The van der Waals surface area contributed by atoms with E-state index >= 15 is 0 Å². The van der Waals surface area contributed by atoms with E-state index in [0.717, 1.165) is 17.5 Å². The zero-order chi connectivity index (χ0) is 16.9. The maximum absolute atomic E-state index is 12.6. The lowest BCUT2D eigenvalue weighted by molar-refractivity contribution is -0.141. The fourth-order valence-electron chi connectivity index (χ4n) is 2.96. The lowest BCUT2D eigenvalue weighted by Gasteiger charge is -2.34. The molecular formula is C18H26N2O3. The van der Waals surface area contributed by atoms with E-state index in [9.17, 15) is 9.59 Å². The minimum Gasteiger partial charge on any atom is -0.385 e. The minimum absolute atomic E-state index is 0.0443. The molecule has 0 aromatic heterocycles. The number of amides is 2. The summed E-state index contributed by atoms with van der Waals surface area (Å²) >= 11 is 0. The van der Waals surface area contributed by atoms with Gasteiger partial charge in [-0.05, 0) is 37.8 Å². The van der Waals surface area contributed by atoms with Crippen LogP contribution in [0.25, 0.3) is 0 Å². The molecule has 1 heterocycles. The van der Waals surface area contributed by atoms with E-state index in [-0.39, 0.29) is 11.8 Å². The van der Waals surface area contributed by atoms with Crippen molar-refractivity contribution < 1.29 is 14.3 Å². The summed E-state index contributed by atoms with van der Waals surface area (Å²) < 4.78 is 4.99. The monoisotopic (exact) mass is 318 g/mol. The largest absolute Gasteiger partial charge is 0.385 e. The van der Waals surface area contributed by atoms with E-state index in [1.165, 1.54) is 0 Å². The normalized spacial score (nSPS) is 20.8. The fraction of sp³-hybridized carbons (Fsp3) is 0.556. The number of carbonyl (C=O) groups excluding carboxylic acids is 2. The molecule has 2 amide bonds. The predicted octanol–water partition coefficient (Wildman–Crippen LogP) is 2.03. The van der Waals surface area contributed by atoms with Crippen LogP contribution in [-0.2, 0) is 20.9 Å². The number of aryl methyl sites for hydroxylation is 1. The molecule has 5 heteroatoms. The number of benzene rings is 1. The highest BCUT2D eigenvalue weighted by Gasteiger charge is 2.47. The van der Waals surface area contributed by atoms with Crippen LogP contribution in [0.1, 0.15) is 37.3 Å². The van der Waals surface area contributed by atoms with Crippen molar-refractivity contribution in [1.29, 1.82) is 0 Å². The Morgan fingerprint density at radius 1 is 1.39 bits per heavy atom.